The molecule has 17 heavy (non-hydrogen) atoms. The molecule has 1 amide bonds. The number of amides is 1. The van der Waals surface area contributed by atoms with Gasteiger partial charge in [-0.25, -0.2) is 0 Å². The number of carbonyl (C=O) groups is 1. The maximum Gasteiger partial charge on any atom is 0.255 e. The molecule has 2 nitrogen and oxygen atoms in total. The summed E-state index contributed by atoms with van der Waals surface area (Å²) in [5.41, 5.74) is 0.835. The molecule has 1 heterocycles. The number of hydrogen-bond acceptors (Lipinski definition) is 2. The van der Waals surface area contributed by atoms with Crippen LogP contribution in [0.25, 0.3) is 0 Å². The van der Waals surface area contributed by atoms with Crippen LogP contribution in [0.4, 0.5) is 0 Å². The standard InChI is InChI=1S/C13H16BrNOS/c1-17-12-7-3-2-6-11(12)13(16)15-8-4-5-10(14)9-15/h2-3,6-7,10H,4-5,8-9H2,1H3. The van der Waals surface area contributed by atoms with Crippen molar-refractivity contribution in [2.24, 2.45) is 0 Å². The number of rotatable bonds is 2. The van der Waals surface area contributed by atoms with Crippen LogP contribution < -0.4 is 0 Å². The molecule has 1 aliphatic rings. The first-order valence-electron chi connectivity index (χ1n) is 5.78. The molecule has 1 aromatic carbocycles. The number of carbonyl (C=O) groups excluding carboxylic acids is 1. The zero-order valence-corrected chi connectivity index (χ0v) is 12.3. The van der Waals surface area contributed by atoms with E-state index in [1.807, 2.05) is 35.4 Å². The molecule has 0 N–H and O–H groups in total. The first-order valence-corrected chi connectivity index (χ1v) is 7.93. The van der Waals surface area contributed by atoms with Gasteiger partial charge in [-0.05, 0) is 31.2 Å². The summed E-state index contributed by atoms with van der Waals surface area (Å²) in [6.07, 6.45) is 4.26. The van der Waals surface area contributed by atoms with Crippen LogP contribution in [0.15, 0.2) is 29.2 Å². The molecule has 0 aromatic heterocycles. The Bertz CT molecular complexity index is 410. The molecule has 1 aliphatic heterocycles. The van der Waals surface area contributed by atoms with Gasteiger partial charge in [-0.1, -0.05) is 28.1 Å². The average molecular weight is 314 g/mol. The largest absolute Gasteiger partial charge is 0.337 e. The van der Waals surface area contributed by atoms with Gasteiger partial charge in [-0.3, -0.25) is 4.79 Å². The van der Waals surface area contributed by atoms with Crippen molar-refractivity contribution >= 4 is 33.6 Å². The molecule has 0 bridgehead atoms. The second kappa shape index (κ2) is 5.91. The Morgan fingerprint density at radius 1 is 1.47 bits per heavy atom. The zero-order valence-electron chi connectivity index (χ0n) is 9.86. The Hall–Kier alpha value is -0.480. The van der Waals surface area contributed by atoms with Gasteiger partial charge in [0.05, 0.1) is 5.56 Å². The fourth-order valence-electron chi connectivity index (χ4n) is 2.10. The van der Waals surface area contributed by atoms with E-state index in [0.717, 1.165) is 36.4 Å². The van der Waals surface area contributed by atoms with Gasteiger partial charge >= 0.3 is 0 Å². The Morgan fingerprint density at radius 3 is 2.94 bits per heavy atom. The van der Waals surface area contributed by atoms with E-state index >= 15 is 0 Å². The number of alkyl halides is 1. The molecule has 92 valence electrons. The highest BCUT2D eigenvalue weighted by Gasteiger charge is 2.24. The van der Waals surface area contributed by atoms with Crippen molar-refractivity contribution in [3.8, 4) is 0 Å². The molecule has 0 radical (unpaired) electrons. The topological polar surface area (TPSA) is 20.3 Å². The third kappa shape index (κ3) is 3.05. The molecule has 2 rings (SSSR count). The fraction of sp³-hybridized carbons (Fsp3) is 0.462. The minimum Gasteiger partial charge on any atom is -0.337 e. The smallest absolute Gasteiger partial charge is 0.255 e. The first kappa shape index (κ1) is 13.0. The van der Waals surface area contributed by atoms with Crippen molar-refractivity contribution in [2.45, 2.75) is 22.6 Å². The third-order valence-electron chi connectivity index (χ3n) is 2.99. The lowest BCUT2D eigenvalue weighted by molar-refractivity contribution is 0.0726. The van der Waals surface area contributed by atoms with Crippen molar-refractivity contribution in [3.63, 3.8) is 0 Å². The van der Waals surface area contributed by atoms with Crippen LogP contribution in [0.5, 0.6) is 0 Å². The van der Waals surface area contributed by atoms with Gasteiger partial charge in [0, 0.05) is 22.8 Å². The molecule has 1 aromatic rings. The van der Waals surface area contributed by atoms with Crippen LogP contribution in [-0.4, -0.2) is 35.0 Å². The monoisotopic (exact) mass is 313 g/mol. The van der Waals surface area contributed by atoms with Crippen LogP contribution in [0.1, 0.15) is 23.2 Å². The summed E-state index contributed by atoms with van der Waals surface area (Å²) in [5.74, 6) is 0.166. The summed E-state index contributed by atoms with van der Waals surface area (Å²) in [6.45, 7) is 1.70. The Balaban J connectivity index is 2.18. The molecule has 1 fully saturated rings. The van der Waals surface area contributed by atoms with Crippen molar-refractivity contribution < 1.29 is 4.79 Å². The SMILES string of the molecule is CSc1ccccc1C(=O)N1CCCC(Br)C1. The van der Waals surface area contributed by atoms with E-state index in [2.05, 4.69) is 15.9 Å². The lowest BCUT2D eigenvalue weighted by atomic mass is 10.1. The van der Waals surface area contributed by atoms with Crippen molar-refractivity contribution in [1.29, 1.82) is 0 Å². The molecule has 1 saturated heterocycles. The third-order valence-corrected chi connectivity index (χ3v) is 4.53. The van der Waals surface area contributed by atoms with Crippen molar-refractivity contribution in [1.82, 2.24) is 4.90 Å². The van der Waals surface area contributed by atoms with Crippen molar-refractivity contribution in [2.75, 3.05) is 19.3 Å². The van der Waals surface area contributed by atoms with Crippen LogP contribution in [-0.2, 0) is 0 Å². The van der Waals surface area contributed by atoms with Gasteiger partial charge in [0.2, 0.25) is 0 Å². The summed E-state index contributed by atoms with van der Waals surface area (Å²) in [6, 6.07) is 7.84. The maximum absolute atomic E-state index is 12.4. The van der Waals surface area contributed by atoms with Gasteiger partial charge in [-0.15, -0.1) is 11.8 Å². The first-order chi connectivity index (χ1) is 8.22. The molecule has 0 saturated carbocycles. The predicted octanol–water partition coefficient (Wildman–Crippen LogP) is 3.41. The number of hydrogen-bond donors (Lipinski definition) is 0. The Morgan fingerprint density at radius 2 is 2.24 bits per heavy atom. The number of benzene rings is 1. The Labute approximate surface area is 115 Å². The minimum absolute atomic E-state index is 0.166. The zero-order chi connectivity index (χ0) is 12.3. The highest BCUT2D eigenvalue weighted by Crippen LogP contribution is 2.24. The molecular weight excluding hydrogens is 298 g/mol. The fourth-order valence-corrected chi connectivity index (χ4v) is 3.36. The normalized spacial score (nSPS) is 20.4. The van der Waals surface area contributed by atoms with E-state index < -0.39 is 0 Å². The number of likely N-dealkylation sites (tertiary alicyclic amines) is 1. The number of thioether (sulfide) groups is 1. The quantitative estimate of drug-likeness (QED) is 0.616. The van der Waals surface area contributed by atoms with E-state index in [0.29, 0.717) is 4.83 Å². The lowest BCUT2D eigenvalue weighted by Gasteiger charge is -2.30. The Kier molecular flexibility index (Phi) is 4.51. The second-order valence-corrected chi connectivity index (χ2v) is 6.33. The molecule has 1 atom stereocenters. The summed E-state index contributed by atoms with van der Waals surface area (Å²) >= 11 is 5.24. The van der Waals surface area contributed by atoms with E-state index in [-0.39, 0.29) is 5.91 Å². The lowest BCUT2D eigenvalue weighted by Crippen LogP contribution is -2.40. The molecule has 0 spiro atoms. The van der Waals surface area contributed by atoms with Crippen LogP contribution in [0, 0.1) is 0 Å². The van der Waals surface area contributed by atoms with E-state index in [9.17, 15) is 4.79 Å². The highest BCUT2D eigenvalue weighted by atomic mass is 79.9. The second-order valence-electron chi connectivity index (χ2n) is 4.19. The molecule has 1 unspecified atom stereocenters. The number of piperidine rings is 1. The summed E-state index contributed by atoms with van der Waals surface area (Å²) < 4.78 is 0. The van der Waals surface area contributed by atoms with Crippen LogP contribution in [0.3, 0.4) is 0 Å². The molecule has 0 aliphatic carbocycles. The van der Waals surface area contributed by atoms with Gasteiger partial charge in [-0.2, -0.15) is 0 Å². The number of nitrogens with zero attached hydrogens (tertiary/aromatic N) is 1. The van der Waals surface area contributed by atoms with E-state index in [1.165, 1.54) is 0 Å². The minimum atomic E-state index is 0.166. The summed E-state index contributed by atoms with van der Waals surface area (Å²) in [4.78, 5) is 15.9. The average Bonchev–Trinajstić information content (AvgIpc) is 2.38. The summed E-state index contributed by atoms with van der Waals surface area (Å²) in [7, 11) is 0. The molecular formula is C13H16BrNOS. The van der Waals surface area contributed by atoms with Crippen LogP contribution in [0.2, 0.25) is 0 Å². The van der Waals surface area contributed by atoms with Crippen LogP contribution >= 0.6 is 27.7 Å². The number of halogens is 1. The van der Waals surface area contributed by atoms with Gasteiger partial charge < -0.3 is 4.90 Å². The van der Waals surface area contributed by atoms with Gasteiger partial charge in [0.25, 0.3) is 5.91 Å². The highest BCUT2D eigenvalue weighted by molar-refractivity contribution is 9.09. The van der Waals surface area contributed by atoms with E-state index in [1.54, 1.807) is 11.8 Å². The summed E-state index contributed by atoms with van der Waals surface area (Å²) in [5, 5.41) is 0. The van der Waals surface area contributed by atoms with Gasteiger partial charge in [0.15, 0.2) is 0 Å². The van der Waals surface area contributed by atoms with Gasteiger partial charge in [0.1, 0.15) is 0 Å². The molecule has 4 heteroatoms. The van der Waals surface area contributed by atoms with E-state index in [4.69, 9.17) is 0 Å². The maximum atomic E-state index is 12.4. The van der Waals surface area contributed by atoms with Crippen molar-refractivity contribution in [3.05, 3.63) is 29.8 Å². The predicted molar refractivity (Wildman–Crippen MR) is 76.1 cm³/mol.